The minimum Gasteiger partial charge on any atom is -0.311 e. The Labute approximate surface area is 361 Å². The molecule has 8 aromatic rings. The highest BCUT2D eigenvalue weighted by Gasteiger charge is 2.20. The van der Waals surface area contributed by atoms with E-state index in [9.17, 15) is 0 Å². The van der Waals surface area contributed by atoms with E-state index >= 15 is 0 Å². The summed E-state index contributed by atoms with van der Waals surface area (Å²) in [7, 11) is 0. The molecule has 0 radical (unpaired) electrons. The second-order valence-electron chi connectivity index (χ2n) is 15.7. The van der Waals surface area contributed by atoms with Crippen molar-refractivity contribution in [1.82, 2.24) is 0 Å². The zero-order chi connectivity index (χ0) is 41.5. The fraction of sp³-hybridized carbons (Fsp3) is 0.0877. The molecule has 0 N–H and O–H groups in total. The van der Waals surface area contributed by atoms with Crippen LogP contribution in [0.25, 0.3) is 0 Å². The number of rotatable bonds is 12. The first-order valence-electron chi connectivity index (χ1n) is 21.2. The van der Waals surface area contributed by atoms with Crippen molar-refractivity contribution in [3.05, 3.63) is 247 Å². The van der Waals surface area contributed by atoms with Gasteiger partial charge in [-0.3, -0.25) is 0 Å². The predicted octanol–water partition coefficient (Wildman–Crippen LogP) is 16.4. The molecule has 0 amide bonds. The lowest BCUT2D eigenvalue weighted by atomic mass is 10.1. The molecule has 0 aromatic heterocycles. The Bertz CT molecular complexity index is 2640. The van der Waals surface area contributed by atoms with Crippen LogP contribution in [0.5, 0.6) is 0 Å². The molecule has 0 heterocycles. The summed E-state index contributed by atoms with van der Waals surface area (Å²) in [6, 6.07) is 74.2. The van der Waals surface area contributed by atoms with E-state index in [4.69, 9.17) is 0 Å². The Balaban J connectivity index is 1.13. The van der Waals surface area contributed by atoms with Gasteiger partial charge in [0.1, 0.15) is 0 Å². The summed E-state index contributed by atoms with van der Waals surface area (Å²) in [5.41, 5.74) is 17.0. The smallest absolute Gasteiger partial charge is 0.0464 e. The Morgan fingerprint density at radius 3 is 0.902 bits per heavy atom. The van der Waals surface area contributed by atoms with Gasteiger partial charge >= 0.3 is 0 Å². The maximum Gasteiger partial charge on any atom is 0.0464 e. The molecule has 9 rings (SSSR count). The molecule has 4 nitrogen and oxygen atoms in total. The zero-order valence-corrected chi connectivity index (χ0v) is 35.1. The summed E-state index contributed by atoms with van der Waals surface area (Å²) < 4.78 is 0. The van der Waals surface area contributed by atoms with Crippen LogP contribution in [0.3, 0.4) is 0 Å². The Kier molecular flexibility index (Phi) is 11.3. The van der Waals surface area contributed by atoms with Crippen molar-refractivity contribution < 1.29 is 0 Å². The lowest BCUT2D eigenvalue weighted by Crippen LogP contribution is -2.17. The van der Waals surface area contributed by atoms with Crippen LogP contribution in [0.4, 0.5) is 62.6 Å². The van der Waals surface area contributed by atoms with Gasteiger partial charge in [-0.1, -0.05) is 84.9 Å². The molecule has 8 aromatic carbocycles. The molecule has 0 saturated heterocycles. The van der Waals surface area contributed by atoms with Crippen LogP contribution in [0, 0.1) is 20.8 Å². The first-order valence-corrected chi connectivity index (χ1v) is 21.2. The quantitative estimate of drug-likeness (QED) is 0.122. The maximum atomic E-state index is 2.37. The number of aryl methyl sites for hydroxylation is 3. The Hall–Kier alpha value is -7.56. The van der Waals surface area contributed by atoms with E-state index in [1.807, 2.05) is 0 Å². The number of allylic oxidation sites excluding steroid dienone is 3. The van der Waals surface area contributed by atoms with E-state index in [2.05, 4.69) is 265 Å². The van der Waals surface area contributed by atoms with Gasteiger partial charge in [0, 0.05) is 68.3 Å². The molecule has 0 bridgehead atoms. The standard InChI is InChI=1S/C57H50N4/c1-43-16-13-25-55(40-43)59(46-19-7-4-8-20-46)52-34-28-49(29-35-52)58(50-30-36-53(37-31-50)60(47-21-9-5-10-22-47)56-26-14-17-44(2)41-56)51-32-38-54(39-33-51)61(48-23-11-6-12-24-48)57-27-15-18-45(3)42-57/h4-5,7-11,13-42H,6,12H2,1-3H3. The Morgan fingerprint density at radius 2 is 0.574 bits per heavy atom. The highest BCUT2D eigenvalue weighted by molar-refractivity contribution is 5.84. The van der Waals surface area contributed by atoms with E-state index in [1.165, 1.54) is 22.4 Å². The lowest BCUT2D eigenvalue weighted by molar-refractivity contribution is 0.997. The largest absolute Gasteiger partial charge is 0.311 e. The number of nitrogens with zero attached hydrogens (tertiary/aromatic N) is 4. The molecule has 0 spiro atoms. The fourth-order valence-electron chi connectivity index (χ4n) is 8.26. The van der Waals surface area contributed by atoms with E-state index < -0.39 is 0 Å². The molecule has 0 aliphatic heterocycles. The van der Waals surface area contributed by atoms with Crippen LogP contribution in [0.1, 0.15) is 29.5 Å². The summed E-state index contributed by atoms with van der Waals surface area (Å²) in [6.07, 6.45) is 8.97. The zero-order valence-electron chi connectivity index (χ0n) is 35.1. The lowest BCUT2D eigenvalue weighted by Gasteiger charge is -2.31. The molecule has 298 valence electrons. The monoisotopic (exact) mass is 790 g/mol. The topological polar surface area (TPSA) is 13.0 Å². The summed E-state index contributed by atoms with van der Waals surface area (Å²) in [5, 5.41) is 0. The van der Waals surface area contributed by atoms with Crippen LogP contribution < -0.4 is 19.6 Å². The first-order chi connectivity index (χ1) is 30.0. The molecular formula is C57H50N4. The minimum absolute atomic E-state index is 1.03. The molecule has 61 heavy (non-hydrogen) atoms. The minimum atomic E-state index is 1.03. The van der Waals surface area contributed by atoms with Crippen LogP contribution in [0.15, 0.2) is 230 Å². The second kappa shape index (κ2) is 17.7. The molecule has 4 heteroatoms. The van der Waals surface area contributed by atoms with Crippen molar-refractivity contribution in [3.8, 4) is 0 Å². The number of benzene rings is 8. The summed E-state index contributed by atoms with van der Waals surface area (Å²) >= 11 is 0. The maximum absolute atomic E-state index is 2.37. The van der Waals surface area contributed by atoms with Crippen LogP contribution in [-0.2, 0) is 0 Å². The number of hydrogen-bond donors (Lipinski definition) is 0. The molecule has 0 fully saturated rings. The summed E-state index contributed by atoms with van der Waals surface area (Å²) in [4.78, 5) is 9.37. The molecule has 0 atom stereocenters. The van der Waals surface area contributed by atoms with E-state index in [0.717, 1.165) is 75.4 Å². The van der Waals surface area contributed by atoms with E-state index in [0.29, 0.717) is 0 Å². The van der Waals surface area contributed by atoms with Gasteiger partial charge in [-0.15, -0.1) is 0 Å². The SMILES string of the molecule is Cc1cccc(N(C2=CCCC=C2)c2ccc(N(c3ccc(N(c4ccccc4)c4cccc(C)c4)cc3)c3ccc(N(c4ccccc4)c4cccc(C)c4)cc3)cc2)c1. The number of hydrogen-bond acceptors (Lipinski definition) is 4. The van der Waals surface area contributed by atoms with Crippen molar-refractivity contribution in [2.75, 3.05) is 19.6 Å². The third-order valence-electron chi connectivity index (χ3n) is 11.1. The van der Waals surface area contributed by atoms with Crippen molar-refractivity contribution >= 4 is 62.6 Å². The molecular weight excluding hydrogens is 741 g/mol. The molecule has 0 unspecified atom stereocenters. The van der Waals surface area contributed by atoms with Gasteiger partial charge in [0.2, 0.25) is 0 Å². The van der Waals surface area contributed by atoms with Crippen molar-refractivity contribution in [3.63, 3.8) is 0 Å². The predicted molar refractivity (Wildman–Crippen MR) is 260 cm³/mol. The van der Waals surface area contributed by atoms with E-state index in [-0.39, 0.29) is 0 Å². The summed E-state index contributed by atoms with van der Waals surface area (Å²) in [6.45, 7) is 6.45. The normalized spacial score (nSPS) is 12.1. The van der Waals surface area contributed by atoms with Gasteiger partial charge in [0.15, 0.2) is 0 Å². The van der Waals surface area contributed by atoms with Crippen LogP contribution in [0.2, 0.25) is 0 Å². The van der Waals surface area contributed by atoms with Crippen molar-refractivity contribution in [2.24, 2.45) is 0 Å². The fourth-order valence-corrected chi connectivity index (χ4v) is 8.26. The number of anilines is 11. The number of para-hydroxylation sites is 2. The average Bonchev–Trinajstić information content (AvgIpc) is 3.30. The van der Waals surface area contributed by atoms with Crippen LogP contribution >= 0.6 is 0 Å². The van der Waals surface area contributed by atoms with Gasteiger partial charge in [-0.05, 0) is 190 Å². The highest BCUT2D eigenvalue weighted by atomic mass is 15.2. The first kappa shape index (κ1) is 38.9. The average molecular weight is 791 g/mol. The highest BCUT2D eigenvalue weighted by Crippen LogP contribution is 2.42. The molecule has 0 saturated carbocycles. The van der Waals surface area contributed by atoms with Gasteiger partial charge in [0.25, 0.3) is 0 Å². The van der Waals surface area contributed by atoms with Gasteiger partial charge < -0.3 is 19.6 Å². The Morgan fingerprint density at radius 1 is 0.279 bits per heavy atom. The third kappa shape index (κ3) is 8.62. The van der Waals surface area contributed by atoms with Crippen molar-refractivity contribution in [2.45, 2.75) is 33.6 Å². The van der Waals surface area contributed by atoms with Gasteiger partial charge in [-0.2, -0.15) is 0 Å². The van der Waals surface area contributed by atoms with E-state index in [1.54, 1.807) is 0 Å². The summed E-state index contributed by atoms with van der Waals surface area (Å²) in [5.74, 6) is 0. The van der Waals surface area contributed by atoms with Crippen molar-refractivity contribution in [1.29, 1.82) is 0 Å². The molecule has 1 aliphatic rings. The van der Waals surface area contributed by atoms with Gasteiger partial charge in [0.05, 0.1) is 0 Å². The molecule has 1 aliphatic carbocycles. The van der Waals surface area contributed by atoms with Gasteiger partial charge in [-0.25, -0.2) is 0 Å². The second-order valence-corrected chi connectivity index (χ2v) is 15.7. The van der Waals surface area contributed by atoms with Crippen LogP contribution in [-0.4, -0.2) is 0 Å². The third-order valence-corrected chi connectivity index (χ3v) is 11.1.